The minimum absolute atomic E-state index is 0.557. The number of nitrogens with zero attached hydrogens (tertiary/aromatic N) is 1. The molecule has 24 heavy (non-hydrogen) atoms. The molecule has 0 aliphatic carbocycles. The van der Waals surface area contributed by atoms with Crippen molar-refractivity contribution in [2.45, 2.75) is 0 Å². The highest BCUT2D eigenvalue weighted by Crippen LogP contribution is 2.22. The van der Waals surface area contributed by atoms with Crippen LogP contribution in [-0.4, -0.2) is 10.1 Å². The van der Waals surface area contributed by atoms with E-state index < -0.39 is 0 Å². The molecule has 0 aliphatic rings. The fourth-order valence-electron chi connectivity index (χ4n) is 2.66. The molecular formula is C20H15N3S. The Morgan fingerprint density at radius 3 is 2.25 bits per heavy atom. The summed E-state index contributed by atoms with van der Waals surface area (Å²) in [4.78, 5) is 4.73. The summed E-state index contributed by atoms with van der Waals surface area (Å²) in [6.45, 7) is 0. The van der Waals surface area contributed by atoms with Crippen molar-refractivity contribution in [2.24, 2.45) is 0 Å². The SMILES string of the molecule is S=C(Nc1ccccc1)Nc1ccc2cc3ccccc3nc2c1. The first kappa shape index (κ1) is 14.6. The molecule has 0 atom stereocenters. The zero-order valence-corrected chi connectivity index (χ0v) is 13.7. The van der Waals surface area contributed by atoms with E-state index in [0.717, 1.165) is 33.2 Å². The average Bonchev–Trinajstić information content (AvgIpc) is 2.60. The standard InChI is InChI=1S/C20H15N3S/c24-20(21-16-7-2-1-3-8-16)22-17-11-10-15-12-14-6-4-5-9-18(14)23-19(15)13-17/h1-13H,(H2,21,22,24). The molecule has 0 aliphatic heterocycles. The predicted molar refractivity (Wildman–Crippen MR) is 106 cm³/mol. The molecule has 0 radical (unpaired) electrons. The Bertz CT molecular complexity index is 1030. The zero-order chi connectivity index (χ0) is 16.4. The van der Waals surface area contributed by atoms with E-state index in [1.807, 2.05) is 60.7 Å². The average molecular weight is 329 g/mol. The van der Waals surface area contributed by atoms with Crippen LogP contribution < -0.4 is 10.6 Å². The van der Waals surface area contributed by atoms with Gasteiger partial charge in [0.05, 0.1) is 11.0 Å². The van der Waals surface area contributed by atoms with Gasteiger partial charge in [0.2, 0.25) is 0 Å². The van der Waals surface area contributed by atoms with E-state index in [2.05, 4.69) is 28.8 Å². The van der Waals surface area contributed by atoms with Crippen LogP contribution >= 0.6 is 12.2 Å². The molecule has 0 saturated heterocycles. The Kier molecular flexibility index (Phi) is 3.81. The molecule has 1 heterocycles. The number of nitrogens with one attached hydrogen (secondary N) is 2. The maximum Gasteiger partial charge on any atom is 0.175 e. The maximum atomic E-state index is 5.38. The number of hydrogen-bond donors (Lipinski definition) is 2. The predicted octanol–water partition coefficient (Wildman–Crippen LogP) is 5.20. The second-order valence-corrected chi connectivity index (χ2v) is 5.94. The first-order valence-electron chi connectivity index (χ1n) is 7.70. The Labute approximate surface area is 145 Å². The smallest absolute Gasteiger partial charge is 0.175 e. The lowest BCUT2D eigenvalue weighted by atomic mass is 10.1. The van der Waals surface area contributed by atoms with Gasteiger partial charge in [-0.15, -0.1) is 0 Å². The van der Waals surface area contributed by atoms with Gasteiger partial charge in [0.1, 0.15) is 0 Å². The molecule has 0 amide bonds. The van der Waals surface area contributed by atoms with Crippen LogP contribution in [-0.2, 0) is 0 Å². The summed E-state index contributed by atoms with van der Waals surface area (Å²) in [6, 6.07) is 26.2. The summed E-state index contributed by atoms with van der Waals surface area (Å²) in [5.41, 5.74) is 3.81. The molecule has 4 aromatic rings. The van der Waals surface area contributed by atoms with Crippen LogP contribution in [0, 0.1) is 0 Å². The van der Waals surface area contributed by atoms with Crippen molar-refractivity contribution in [3.8, 4) is 0 Å². The Morgan fingerprint density at radius 2 is 1.38 bits per heavy atom. The molecule has 4 rings (SSSR count). The number of anilines is 2. The van der Waals surface area contributed by atoms with Crippen molar-refractivity contribution in [1.82, 2.24) is 4.98 Å². The molecule has 0 spiro atoms. The van der Waals surface area contributed by atoms with Gasteiger partial charge in [0, 0.05) is 22.1 Å². The van der Waals surface area contributed by atoms with Gasteiger partial charge in [-0.1, -0.05) is 42.5 Å². The minimum Gasteiger partial charge on any atom is -0.332 e. The van der Waals surface area contributed by atoms with Crippen LogP contribution in [0.1, 0.15) is 0 Å². The van der Waals surface area contributed by atoms with Crippen LogP contribution in [0.25, 0.3) is 21.8 Å². The van der Waals surface area contributed by atoms with Crippen LogP contribution in [0.3, 0.4) is 0 Å². The van der Waals surface area contributed by atoms with E-state index in [4.69, 9.17) is 17.2 Å². The number of benzene rings is 3. The lowest BCUT2D eigenvalue weighted by Crippen LogP contribution is -2.18. The Balaban J connectivity index is 1.60. The van der Waals surface area contributed by atoms with Gasteiger partial charge in [-0.25, -0.2) is 4.98 Å². The molecule has 1 aromatic heterocycles. The lowest BCUT2D eigenvalue weighted by Gasteiger charge is -2.11. The van der Waals surface area contributed by atoms with Crippen molar-refractivity contribution >= 4 is 50.5 Å². The fraction of sp³-hybridized carbons (Fsp3) is 0. The molecule has 3 aromatic carbocycles. The van der Waals surface area contributed by atoms with Gasteiger partial charge in [-0.05, 0) is 48.6 Å². The number of rotatable bonds is 2. The van der Waals surface area contributed by atoms with E-state index in [0.29, 0.717) is 5.11 Å². The quantitative estimate of drug-likeness (QED) is 0.392. The highest BCUT2D eigenvalue weighted by molar-refractivity contribution is 7.80. The number of pyridine rings is 1. The number of para-hydroxylation sites is 2. The van der Waals surface area contributed by atoms with Crippen LogP contribution in [0.4, 0.5) is 11.4 Å². The van der Waals surface area contributed by atoms with Crippen molar-refractivity contribution in [2.75, 3.05) is 10.6 Å². The normalized spacial score (nSPS) is 10.7. The van der Waals surface area contributed by atoms with Crippen LogP contribution in [0.15, 0.2) is 78.9 Å². The van der Waals surface area contributed by atoms with Crippen LogP contribution in [0.2, 0.25) is 0 Å². The maximum absolute atomic E-state index is 5.38. The molecule has 0 bridgehead atoms. The third-order valence-corrected chi connectivity index (χ3v) is 4.01. The molecule has 0 saturated carbocycles. The van der Waals surface area contributed by atoms with Crippen molar-refractivity contribution in [3.63, 3.8) is 0 Å². The molecule has 3 nitrogen and oxygen atoms in total. The second kappa shape index (κ2) is 6.26. The Morgan fingerprint density at radius 1 is 0.667 bits per heavy atom. The van der Waals surface area contributed by atoms with E-state index in [9.17, 15) is 0 Å². The van der Waals surface area contributed by atoms with Gasteiger partial charge < -0.3 is 10.6 Å². The highest BCUT2D eigenvalue weighted by atomic mass is 32.1. The van der Waals surface area contributed by atoms with E-state index in [-0.39, 0.29) is 0 Å². The summed E-state index contributed by atoms with van der Waals surface area (Å²) in [7, 11) is 0. The molecule has 0 unspecified atom stereocenters. The van der Waals surface area contributed by atoms with Crippen molar-refractivity contribution in [3.05, 3.63) is 78.9 Å². The molecule has 0 fully saturated rings. The van der Waals surface area contributed by atoms with E-state index in [1.54, 1.807) is 0 Å². The number of hydrogen-bond acceptors (Lipinski definition) is 2. The van der Waals surface area contributed by atoms with Crippen molar-refractivity contribution < 1.29 is 0 Å². The van der Waals surface area contributed by atoms with Gasteiger partial charge in [-0.3, -0.25) is 0 Å². The minimum atomic E-state index is 0.557. The third-order valence-electron chi connectivity index (χ3n) is 3.81. The molecule has 116 valence electrons. The Hall–Kier alpha value is -2.98. The third kappa shape index (κ3) is 3.05. The number of thiocarbonyl (C=S) groups is 1. The summed E-state index contributed by atoms with van der Waals surface area (Å²) >= 11 is 5.38. The fourth-order valence-corrected chi connectivity index (χ4v) is 2.90. The lowest BCUT2D eigenvalue weighted by molar-refractivity contribution is 1.49. The van der Waals surface area contributed by atoms with Gasteiger partial charge in [0.15, 0.2) is 5.11 Å². The monoisotopic (exact) mass is 329 g/mol. The largest absolute Gasteiger partial charge is 0.332 e. The molecule has 2 N–H and O–H groups in total. The topological polar surface area (TPSA) is 37.0 Å². The van der Waals surface area contributed by atoms with E-state index in [1.165, 1.54) is 0 Å². The first-order valence-corrected chi connectivity index (χ1v) is 8.11. The van der Waals surface area contributed by atoms with Gasteiger partial charge in [-0.2, -0.15) is 0 Å². The summed E-state index contributed by atoms with van der Waals surface area (Å²) in [5, 5.41) is 9.19. The van der Waals surface area contributed by atoms with Crippen LogP contribution in [0.5, 0.6) is 0 Å². The van der Waals surface area contributed by atoms with Gasteiger partial charge >= 0.3 is 0 Å². The summed E-state index contributed by atoms with van der Waals surface area (Å²) in [5.74, 6) is 0. The molecular weight excluding hydrogens is 314 g/mol. The summed E-state index contributed by atoms with van der Waals surface area (Å²) < 4.78 is 0. The van der Waals surface area contributed by atoms with Crippen molar-refractivity contribution in [1.29, 1.82) is 0 Å². The van der Waals surface area contributed by atoms with Gasteiger partial charge in [0.25, 0.3) is 0 Å². The second-order valence-electron chi connectivity index (χ2n) is 5.53. The number of aromatic nitrogens is 1. The highest BCUT2D eigenvalue weighted by Gasteiger charge is 2.03. The van der Waals surface area contributed by atoms with E-state index >= 15 is 0 Å². The number of fused-ring (bicyclic) bond motifs is 2. The zero-order valence-electron chi connectivity index (χ0n) is 12.9. The first-order chi connectivity index (χ1) is 11.8. The summed E-state index contributed by atoms with van der Waals surface area (Å²) in [6.07, 6.45) is 0. The molecule has 4 heteroatoms.